The molecule has 0 aliphatic carbocycles. The fourth-order valence-electron chi connectivity index (χ4n) is 5.25. The summed E-state index contributed by atoms with van der Waals surface area (Å²) in [6.07, 6.45) is 1.77. The topological polar surface area (TPSA) is 57.7 Å². The van der Waals surface area contributed by atoms with Gasteiger partial charge in [0, 0.05) is 16.6 Å². The maximum atomic E-state index is 13.4. The van der Waals surface area contributed by atoms with E-state index >= 15 is 0 Å². The van der Waals surface area contributed by atoms with Crippen LogP contribution in [-0.4, -0.2) is 41.1 Å². The monoisotopic (exact) mass is 408 g/mol. The van der Waals surface area contributed by atoms with Gasteiger partial charge in [-0.1, -0.05) is 29.3 Å². The Hall–Kier alpha value is -2.50. The quantitative estimate of drug-likeness (QED) is 0.576. The minimum atomic E-state index is -0.628. The number of carbonyl (C=O) groups excluding carboxylic acids is 3. The van der Waals surface area contributed by atoms with Crippen LogP contribution in [0.15, 0.2) is 48.5 Å². The van der Waals surface area contributed by atoms with E-state index in [9.17, 15) is 14.4 Å². The highest BCUT2D eigenvalue weighted by Crippen LogP contribution is 2.48. The average Bonchev–Trinajstić information content (AvgIpc) is 3.35. The Morgan fingerprint density at radius 2 is 1.62 bits per heavy atom. The summed E-state index contributed by atoms with van der Waals surface area (Å²) in [6, 6.07) is 13.5. The number of anilines is 1. The van der Waals surface area contributed by atoms with Gasteiger partial charge in [0.2, 0.25) is 11.8 Å². The number of fused-ring (bicyclic) bond motifs is 3. The molecular formula is C23H21ClN2O3. The highest BCUT2D eigenvalue weighted by molar-refractivity contribution is 6.30. The number of ketones is 1. The number of hydrogen-bond donors (Lipinski definition) is 0. The van der Waals surface area contributed by atoms with Crippen LogP contribution in [0.2, 0.25) is 5.02 Å². The van der Waals surface area contributed by atoms with E-state index in [2.05, 4.69) is 4.90 Å². The smallest absolute Gasteiger partial charge is 0.239 e. The Bertz CT molecular complexity index is 1000. The van der Waals surface area contributed by atoms with Crippen LogP contribution < -0.4 is 4.90 Å². The van der Waals surface area contributed by atoms with Gasteiger partial charge in [-0.25, -0.2) is 4.90 Å². The predicted molar refractivity (Wildman–Crippen MR) is 110 cm³/mol. The van der Waals surface area contributed by atoms with Crippen molar-refractivity contribution in [1.82, 2.24) is 4.90 Å². The predicted octanol–water partition coefficient (Wildman–Crippen LogP) is 3.48. The minimum absolute atomic E-state index is 0.0480. The molecule has 148 valence electrons. The van der Waals surface area contributed by atoms with Crippen LogP contribution in [0.4, 0.5) is 5.69 Å². The van der Waals surface area contributed by atoms with Gasteiger partial charge in [0.1, 0.15) is 0 Å². The lowest BCUT2D eigenvalue weighted by Gasteiger charge is -2.27. The van der Waals surface area contributed by atoms with E-state index < -0.39 is 17.9 Å². The normalized spacial score (nSPS) is 28.7. The number of amides is 2. The number of rotatable bonds is 3. The Morgan fingerprint density at radius 1 is 0.966 bits per heavy atom. The van der Waals surface area contributed by atoms with E-state index in [0.717, 1.165) is 24.9 Å². The summed E-state index contributed by atoms with van der Waals surface area (Å²) in [5.74, 6) is -1.62. The molecule has 5 rings (SSSR count). The molecule has 4 atom stereocenters. The van der Waals surface area contributed by atoms with Crippen LogP contribution in [0.25, 0.3) is 0 Å². The van der Waals surface area contributed by atoms with Gasteiger partial charge in [0.05, 0.1) is 23.6 Å². The number of Topliss-reactive ketones (excluding diaryl/α,β-unsaturated/α-hetero) is 1. The largest absolute Gasteiger partial charge is 0.292 e. The molecule has 3 aliphatic heterocycles. The molecule has 0 saturated carbocycles. The average molecular weight is 409 g/mol. The molecule has 2 aromatic carbocycles. The molecule has 0 radical (unpaired) electrons. The fraction of sp³-hybridized carbons (Fsp3) is 0.348. The van der Waals surface area contributed by atoms with E-state index in [-0.39, 0.29) is 23.6 Å². The molecule has 3 fully saturated rings. The second-order valence-electron chi connectivity index (χ2n) is 8.16. The molecule has 6 heteroatoms. The number of nitrogens with zero attached hydrogens (tertiary/aromatic N) is 2. The van der Waals surface area contributed by atoms with E-state index in [0.29, 0.717) is 16.3 Å². The summed E-state index contributed by atoms with van der Waals surface area (Å²) in [4.78, 5) is 43.6. The molecule has 29 heavy (non-hydrogen) atoms. The van der Waals surface area contributed by atoms with Gasteiger partial charge in [0.25, 0.3) is 0 Å². The molecule has 3 saturated heterocycles. The van der Waals surface area contributed by atoms with Crippen LogP contribution in [0.3, 0.4) is 0 Å². The van der Waals surface area contributed by atoms with Gasteiger partial charge < -0.3 is 0 Å². The lowest BCUT2D eigenvalue weighted by atomic mass is 9.85. The number of hydrogen-bond acceptors (Lipinski definition) is 4. The third-order valence-electron chi connectivity index (χ3n) is 6.54. The van der Waals surface area contributed by atoms with Gasteiger partial charge in [-0.15, -0.1) is 0 Å². The molecule has 0 unspecified atom stereocenters. The third-order valence-corrected chi connectivity index (χ3v) is 6.79. The summed E-state index contributed by atoms with van der Waals surface area (Å²) >= 11 is 5.97. The molecule has 0 bridgehead atoms. The first-order valence-electron chi connectivity index (χ1n) is 9.97. The zero-order valence-electron chi connectivity index (χ0n) is 16.0. The Kier molecular flexibility index (Phi) is 4.33. The van der Waals surface area contributed by atoms with Crippen LogP contribution in [0.5, 0.6) is 0 Å². The molecule has 3 aliphatic rings. The summed E-state index contributed by atoms with van der Waals surface area (Å²) in [5.41, 5.74) is 2.17. The fourth-order valence-corrected chi connectivity index (χ4v) is 5.37. The van der Waals surface area contributed by atoms with E-state index in [1.54, 1.807) is 36.4 Å². The standard InChI is InChI=1S/C23H21ClN2O3/c1-13-4-10-16(11-5-13)26-22(28)18-17-3-2-12-25(17)20(19(18)23(26)29)21(27)14-6-8-15(24)9-7-14/h4-11,17-20H,2-3,12H2,1H3/t17-,18-,19-,20+/m1/s1. The van der Waals surface area contributed by atoms with Crippen molar-refractivity contribution < 1.29 is 14.4 Å². The lowest BCUT2D eigenvalue weighted by Crippen LogP contribution is -2.46. The van der Waals surface area contributed by atoms with E-state index in [1.807, 2.05) is 19.1 Å². The molecule has 3 heterocycles. The number of benzene rings is 2. The number of imide groups is 1. The maximum Gasteiger partial charge on any atom is 0.239 e. The van der Waals surface area contributed by atoms with Gasteiger partial charge in [-0.3, -0.25) is 19.3 Å². The maximum absolute atomic E-state index is 13.4. The lowest BCUT2D eigenvalue weighted by molar-refractivity contribution is -0.123. The first kappa shape index (κ1) is 18.5. The molecule has 5 nitrogen and oxygen atoms in total. The highest BCUT2D eigenvalue weighted by Gasteiger charge is 2.64. The van der Waals surface area contributed by atoms with Crippen molar-refractivity contribution in [3.8, 4) is 0 Å². The summed E-state index contributed by atoms with van der Waals surface area (Å²) in [7, 11) is 0. The van der Waals surface area contributed by atoms with Crippen LogP contribution in [0.1, 0.15) is 28.8 Å². The van der Waals surface area contributed by atoms with Crippen molar-refractivity contribution in [2.24, 2.45) is 11.8 Å². The van der Waals surface area contributed by atoms with Crippen molar-refractivity contribution in [2.45, 2.75) is 31.8 Å². The molecule has 0 N–H and O–H groups in total. The van der Waals surface area contributed by atoms with Gasteiger partial charge >= 0.3 is 0 Å². The van der Waals surface area contributed by atoms with E-state index in [1.165, 1.54) is 4.90 Å². The molecule has 2 amide bonds. The van der Waals surface area contributed by atoms with Gasteiger partial charge in [-0.05, 0) is 62.7 Å². The second kappa shape index (κ2) is 6.78. The first-order chi connectivity index (χ1) is 14.0. The second-order valence-corrected chi connectivity index (χ2v) is 8.60. The molecule has 0 aromatic heterocycles. The summed E-state index contributed by atoms with van der Waals surface area (Å²) < 4.78 is 0. The van der Waals surface area contributed by atoms with Crippen LogP contribution in [-0.2, 0) is 9.59 Å². The molecule has 2 aromatic rings. The van der Waals surface area contributed by atoms with Crippen molar-refractivity contribution in [3.63, 3.8) is 0 Å². The Morgan fingerprint density at radius 3 is 2.31 bits per heavy atom. The molecular weight excluding hydrogens is 388 g/mol. The number of aryl methyl sites for hydroxylation is 1. The highest BCUT2D eigenvalue weighted by atomic mass is 35.5. The van der Waals surface area contributed by atoms with Crippen molar-refractivity contribution in [1.29, 1.82) is 0 Å². The number of carbonyl (C=O) groups is 3. The SMILES string of the molecule is Cc1ccc(N2C(=O)[C@@H]3[C@H](C2=O)[C@H]2CCCN2[C@@H]3C(=O)c2ccc(Cl)cc2)cc1. The summed E-state index contributed by atoms with van der Waals surface area (Å²) in [5, 5.41) is 0.558. The number of halogens is 1. The van der Waals surface area contributed by atoms with Crippen molar-refractivity contribution in [3.05, 3.63) is 64.7 Å². The van der Waals surface area contributed by atoms with Crippen molar-refractivity contribution in [2.75, 3.05) is 11.4 Å². The molecule has 0 spiro atoms. The van der Waals surface area contributed by atoms with Crippen LogP contribution >= 0.6 is 11.6 Å². The first-order valence-corrected chi connectivity index (χ1v) is 10.3. The Balaban J connectivity index is 1.54. The van der Waals surface area contributed by atoms with Gasteiger partial charge in [0.15, 0.2) is 5.78 Å². The summed E-state index contributed by atoms with van der Waals surface area (Å²) in [6.45, 7) is 2.70. The Labute approximate surface area is 174 Å². The third kappa shape index (κ3) is 2.75. The zero-order chi connectivity index (χ0) is 20.3. The minimum Gasteiger partial charge on any atom is -0.292 e. The van der Waals surface area contributed by atoms with Gasteiger partial charge in [-0.2, -0.15) is 0 Å². The van der Waals surface area contributed by atoms with Crippen LogP contribution in [0, 0.1) is 18.8 Å². The van der Waals surface area contributed by atoms with E-state index in [4.69, 9.17) is 11.6 Å². The zero-order valence-corrected chi connectivity index (χ0v) is 16.8. The van der Waals surface area contributed by atoms with Crippen molar-refractivity contribution >= 4 is 34.9 Å².